The summed E-state index contributed by atoms with van der Waals surface area (Å²) < 4.78 is 0. The van der Waals surface area contributed by atoms with Crippen LogP contribution in [0.3, 0.4) is 0 Å². The SMILES string of the molecule is CC.NNc1nccnc1Cl. The monoisotopic (exact) mass is 174 g/mol. The van der Waals surface area contributed by atoms with Crippen LogP contribution in [0.5, 0.6) is 0 Å². The van der Waals surface area contributed by atoms with Gasteiger partial charge < -0.3 is 5.43 Å². The minimum atomic E-state index is 0.278. The maximum Gasteiger partial charge on any atom is 0.178 e. The summed E-state index contributed by atoms with van der Waals surface area (Å²) in [6.07, 6.45) is 2.99. The van der Waals surface area contributed by atoms with Gasteiger partial charge in [-0.3, -0.25) is 0 Å². The summed E-state index contributed by atoms with van der Waals surface area (Å²) in [5.74, 6) is 5.40. The van der Waals surface area contributed by atoms with Gasteiger partial charge in [0.15, 0.2) is 11.0 Å². The molecular weight excluding hydrogens is 164 g/mol. The standard InChI is InChI=1S/C4H5ClN4.C2H6/c5-3-4(9-6)8-2-1-7-3;1-2/h1-2H,6H2,(H,8,9);1-2H3. The molecule has 0 atom stereocenters. The van der Waals surface area contributed by atoms with Gasteiger partial charge in [-0.25, -0.2) is 15.8 Å². The van der Waals surface area contributed by atoms with E-state index in [1.54, 1.807) is 0 Å². The summed E-state index contributed by atoms with van der Waals surface area (Å²) in [5.41, 5.74) is 2.29. The zero-order valence-electron chi connectivity index (χ0n) is 6.50. The molecule has 0 aliphatic carbocycles. The van der Waals surface area contributed by atoms with Crippen molar-refractivity contribution < 1.29 is 0 Å². The van der Waals surface area contributed by atoms with E-state index in [1.807, 2.05) is 13.8 Å². The van der Waals surface area contributed by atoms with Crippen LogP contribution in [0, 0.1) is 0 Å². The number of nitrogen functional groups attached to an aromatic ring is 1. The summed E-state index contributed by atoms with van der Waals surface area (Å²) in [5, 5.41) is 0.278. The van der Waals surface area contributed by atoms with Crippen LogP contribution in [0.1, 0.15) is 13.8 Å². The first kappa shape index (κ1) is 10.1. The van der Waals surface area contributed by atoms with Crippen LogP contribution in [0.2, 0.25) is 5.15 Å². The predicted octanol–water partition coefficient (Wildman–Crippen LogP) is 1.44. The molecule has 5 heteroatoms. The molecule has 3 N–H and O–H groups in total. The number of aromatic nitrogens is 2. The fourth-order valence-corrected chi connectivity index (χ4v) is 0.578. The molecule has 4 nitrogen and oxygen atoms in total. The highest BCUT2D eigenvalue weighted by Gasteiger charge is 1.95. The van der Waals surface area contributed by atoms with Crippen LogP contribution in [-0.2, 0) is 0 Å². The molecule has 0 fully saturated rings. The van der Waals surface area contributed by atoms with Crippen molar-refractivity contribution in [3.8, 4) is 0 Å². The molecule has 0 bridgehead atoms. The van der Waals surface area contributed by atoms with Gasteiger partial charge in [-0.1, -0.05) is 25.4 Å². The Hall–Kier alpha value is -0.870. The van der Waals surface area contributed by atoms with Crippen molar-refractivity contribution in [1.29, 1.82) is 0 Å². The summed E-state index contributed by atoms with van der Waals surface area (Å²) in [4.78, 5) is 7.48. The Labute approximate surface area is 70.8 Å². The Morgan fingerprint density at radius 2 is 1.91 bits per heavy atom. The molecule has 0 amide bonds. The summed E-state index contributed by atoms with van der Waals surface area (Å²) >= 11 is 5.51. The third-order valence-corrected chi connectivity index (χ3v) is 1.07. The Balaban J connectivity index is 0.000000461. The van der Waals surface area contributed by atoms with Crippen molar-refractivity contribution in [2.75, 3.05) is 5.43 Å². The Morgan fingerprint density at radius 1 is 1.36 bits per heavy atom. The van der Waals surface area contributed by atoms with E-state index in [-0.39, 0.29) is 5.15 Å². The fraction of sp³-hybridized carbons (Fsp3) is 0.333. The maximum absolute atomic E-state index is 5.51. The minimum absolute atomic E-state index is 0.278. The van der Waals surface area contributed by atoms with Crippen LogP contribution >= 0.6 is 11.6 Å². The molecule has 1 rings (SSSR count). The number of hydrogen-bond donors (Lipinski definition) is 2. The van der Waals surface area contributed by atoms with Gasteiger partial charge in [-0.2, -0.15) is 0 Å². The smallest absolute Gasteiger partial charge is 0.178 e. The van der Waals surface area contributed by atoms with Crippen LogP contribution in [0.25, 0.3) is 0 Å². The van der Waals surface area contributed by atoms with Crippen molar-refractivity contribution in [3.05, 3.63) is 17.5 Å². The zero-order chi connectivity index (χ0) is 8.69. The number of rotatable bonds is 1. The Kier molecular flexibility index (Phi) is 5.42. The number of halogens is 1. The van der Waals surface area contributed by atoms with Gasteiger partial charge in [0.05, 0.1) is 0 Å². The molecule has 0 saturated carbocycles. The van der Waals surface area contributed by atoms with Crippen molar-refractivity contribution in [2.45, 2.75) is 13.8 Å². The minimum Gasteiger partial charge on any atom is -0.306 e. The molecule has 0 saturated heterocycles. The van der Waals surface area contributed by atoms with Gasteiger partial charge in [0, 0.05) is 12.4 Å². The van der Waals surface area contributed by atoms with E-state index < -0.39 is 0 Å². The maximum atomic E-state index is 5.51. The van der Waals surface area contributed by atoms with Gasteiger partial charge in [0.25, 0.3) is 0 Å². The van der Waals surface area contributed by atoms with Gasteiger partial charge >= 0.3 is 0 Å². The molecule has 1 aromatic rings. The number of nitrogens with zero attached hydrogens (tertiary/aromatic N) is 2. The van der Waals surface area contributed by atoms with Gasteiger partial charge in [-0.15, -0.1) is 0 Å². The van der Waals surface area contributed by atoms with E-state index in [1.165, 1.54) is 12.4 Å². The molecule has 0 aliphatic rings. The largest absolute Gasteiger partial charge is 0.306 e. The van der Waals surface area contributed by atoms with Gasteiger partial charge in [0.1, 0.15) is 0 Å². The highest BCUT2D eigenvalue weighted by Crippen LogP contribution is 2.11. The highest BCUT2D eigenvalue weighted by atomic mass is 35.5. The average Bonchev–Trinajstić information content (AvgIpc) is 2.09. The van der Waals surface area contributed by atoms with Crippen LogP contribution in [-0.4, -0.2) is 9.97 Å². The van der Waals surface area contributed by atoms with Gasteiger partial charge in [0.2, 0.25) is 0 Å². The van der Waals surface area contributed by atoms with E-state index in [9.17, 15) is 0 Å². The quantitative estimate of drug-likeness (QED) is 0.500. The number of hydrogen-bond acceptors (Lipinski definition) is 4. The fourth-order valence-electron chi connectivity index (χ4n) is 0.418. The predicted molar refractivity (Wildman–Crippen MR) is 46.2 cm³/mol. The number of nitrogens with two attached hydrogens (primary N) is 1. The first-order valence-corrected chi connectivity index (χ1v) is 3.65. The Bertz CT molecular complexity index is 204. The van der Waals surface area contributed by atoms with E-state index >= 15 is 0 Å². The lowest BCUT2D eigenvalue weighted by Crippen LogP contribution is -2.09. The molecule has 62 valence electrons. The Morgan fingerprint density at radius 3 is 2.27 bits per heavy atom. The summed E-state index contributed by atoms with van der Waals surface area (Å²) in [6, 6.07) is 0. The summed E-state index contributed by atoms with van der Waals surface area (Å²) in [7, 11) is 0. The van der Waals surface area contributed by atoms with Crippen molar-refractivity contribution in [1.82, 2.24) is 9.97 Å². The second-order valence-electron chi connectivity index (χ2n) is 1.34. The molecule has 0 spiro atoms. The normalized spacial score (nSPS) is 8.00. The zero-order valence-corrected chi connectivity index (χ0v) is 7.26. The third kappa shape index (κ3) is 3.15. The number of nitrogens with one attached hydrogen (secondary N) is 1. The highest BCUT2D eigenvalue weighted by molar-refractivity contribution is 6.31. The first-order chi connectivity index (χ1) is 5.34. The van der Waals surface area contributed by atoms with E-state index in [0.29, 0.717) is 5.82 Å². The number of anilines is 1. The van der Waals surface area contributed by atoms with Crippen LogP contribution < -0.4 is 11.3 Å². The molecule has 0 radical (unpaired) electrons. The van der Waals surface area contributed by atoms with Crippen LogP contribution in [0.4, 0.5) is 5.82 Å². The van der Waals surface area contributed by atoms with E-state index in [4.69, 9.17) is 17.4 Å². The topological polar surface area (TPSA) is 63.8 Å². The second kappa shape index (κ2) is 5.88. The van der Waals surface area contributed by atoms with Crippen molar-refractivity contribution in [3.63, 3.8) is 0 Å². The third-order valence-electron chi connectivity index (χ3n) is 0.790. The molecule has 0 unspecified atom stereocenters. The first-order valence-electron chi connectivity index (χ1n) is 3.27. The van der Waals surface area contributed by atoms with E-state index in [2.05, 4.69) is 15.4 Å². The molecule has 0 aliphatic heterocycles. The molecule has 1 heterocycles. The molecular formula is C6H11ClN4. The average molecular weight is 175 g/mol. The van der Waals surface area contributed by atoms with E-state index in [0.717, 1.165) is 0 Å². The molecule has 11 heavy (non-hydrogen) atoms. The number of hydrazine groups is 1. The lowest BCUT2D eigenvalue weighted by molar-refractivity contribution is 1.16. The van der Waals surface area contributed by atoms with Gasteiger partial charge in [-0.05, 0) is 0 Å². The molecule has 0 aromatic carbocycles. The molecule has 1 aromatic heterocycles. The second-order valence-corrected chi connectivity index (χ2v) is 1.70. The lowest BCUT2D eigenvalue weighted by Gasteiger charge is -1.96. The van der Waals surface area contributed by atoms with Crippen molar-refractivity contribution in [2.24, 2.45) is 5.84 Å². The van der Waals surface area contributed by atoms with Crippen LogP contribution in [0.15, 0.2) is 12.4 Å². The van der Waals surface area contributed by atoms with Crippen molar-refractivity contribution >= 4 is 17.4 Å². The summed E-state index contributed by atoms with van der Waals surface area (Å²) in [6.45, 7) is 4.00. The lowest BCUT2D eigenvalue weighted by atomic mass is 10.7.